The number of amides is 5. The van der Waals surface area contributed by atoms with E-state index in [0.29, 0.717) is 16.8 Å². The quantitative estimate of drug-likeness (QED) is 0.0312. The number of imidazole rings is 1. The molecule has 0 fully saturated rings. The van der Waals surface area contributed by atoms with Gasteiger partial charge in [-0.1, -0.05) is 70.2 Å². The van der Waals surface area contributed by atoms with Gasteiger partial charge in [0.25, 0.3) is 0 Å². The lowest BCUT2D eigenvalue weighted by molar-refractivity contribution is -0.142. The van der Waals surface area contributed by atoms with Gasteiger partial charge in [-0.15, -0.1) is 0 Å². The van der Waals surface area contributed by atoms with Crippen LogP contribution in [0.5, 0.6) is 5.75 Å². The second-order valence-electron chi connectivity index (χ2n) is 15.8. The fraction of sp³-hybridized carbons (Fsp3) is 0.476. The first-order valence-corrected chi connectivity index (χ1v) is 20.3. The molecule has 3 rings (SSSR count). The molecule has 0 saturated carbocycles. The van der Waals surface area contributed by atoms with Crippen molar-refractivity contribution in [1.82, 2.24) is 41.9 Å². The third-order valence-electron chi connectivity index (χ3n) is 9.53. The van der Waals surface area contributed by atoms with Gasteiger partial charge in [0.2, 0.25) is 29.5 Å². The summed E-state index contributed by atoms with van der Waals surface area (Å²) in [7, 11) is 0. The molecule has 0 saturated heterocycles. The number of carbonyl (C=O) groups excluding carboxylic acids is 5. The highest BCUT2D eigenvalue weighted by molar-refractivity contribution is 5.96. The van der Waals surface area contributed by atoms with E-state index >= 15 is 0 Å². The number of nitrogens with two attached hydrogens (primary N) is 2. The summed E-state index contributed by atoms with van der Waals surface area (Å²) >= 11 is 0. The maximum absolute atomic E-state index is 14.1. The maximum Gasteiger partial charge on any atom is 0.326 e. The van der Waals surface area contributed by atoms with Gasteiger partial charge in [0.1, 0.15) is 36.0 Å². The lowest BCUT2D eigenvalue weighted by Gasteiger charge is -2.28. The monoisotopic (exact) mass is 847 g/mol. The van der Waals surface area contributed by atoms with Crippen LogP contribution in [-0.4, -0.2) is 104 Å². The number of nitrogens with zero attached hydrogens (tertiary/aromatic N) is 1. The van der Waals surface area contributed by atoms with E-state index in [0.717, 1.165) is 0 Å². The summed E-state index contributed by atoms with van der Waals surface area (Å²) < 4.78 is 0. The Bertz CT molecular complexity index is 1890. The normalized spacial score (nSPS) is 14.1. The molecular formula is C42H61N11O8. The van der Waals surface area contributed by atoms with Gasteiger partial charge in [0.05, 0.1) is 18.1 Å². The highest BCUT2D eigenvalue weighted by Gasteiger charge is 2.34. The smallest absolute Gasteiger partial charge is 0.326 e. The van der Waals surface area contributed by atoms with E-state index in [9.17, 15) is 39.0 Å². The number of guanidine groups is 1. The van der Waals surface area contributed by atoms with Gasteiger partial charge in [0, 0.05) is 25.6 Å². The zero-order valence-electron chi connectivity index (χ0n) is 35.1. The summed E-state index contributed by atoms with van der Waals surface area (Å²) in [6.07, 6.45) is 3.57. The summed E-state index contributed by atoms with van der Waals surface area (Å²) in [5, 5.41) is 43.1. The van der Waals surface area contributed by atoms with Crippen LogP contribution < -0.4 is 43.4 Å². The number of aromatic amines is 1. The van der Waals surface area contributed by atoms with Crippen LogP contribution in [0.2, 0.25) is 0 Å². The van der Waals surface area contributed by atoms with E-state index in [1.807, 2.05) is 27.7 Å². The van der Waals surface area contributed by atoms with Crippen LogP contribution in [0.3, 0.4) is 0 Å². The molecule has 0 aliphatic rings. The molecule has 332 valence electrons. The van der Waals surface area contributed by atoms with Crippen LogP contribution in [0.1, 0.15) is 70.2 Å². The molecule has 1 heterocycles. The topological polar surface area (TPSA) is 320 Å². The number of carboxylic acids is 1. The number of hydrogen-bond donors (Lipinski definition) is 12. The zero-order valence-corrected chi connectivity index (χ0v) is 35.1. The van der Waals surface area contributed by atoms with Crippen molar-refractivity contribution in [3.05, 3.63) is 83.9 Å². The van der Waals surface area contributed by atoms with Crippen molar-refractivity contribution in [1.29, 1.82) is 5.41 Å². The average molecular weight is 848 g/mol. The van der Waals surface area contributed by atoms with Gasteiger partial charge in [-0.25, -0.2) is 9.78 Å². The third-order valence-corrected chi connectivity index (χ3v) is 9.53. The minimum atomic E-state index is -1.32. The predicted molar refractivity (Wildman–Crippen MR) is 228 cm³/mol. The van der Waals surface area contributed by atoms with Crippen LogP contribution in [0.15, 0.2) is 67.1 Å². The average Bonchev–Trinajstić information content (AvgIpc) is 3.71. The largest absolute Gasteiger partial charge is 0.508 e. The number of carboxylic acid groups (broad SMARTS) is 1. The number of hydrogen-bond acceptors (Lipinski definition) is 10. The van der Waals surface area contributed by atoms with E-state index in [2.05, 4.69) is 41.9 Å². The molecule has 5 amide bonds. The molecule has 6 atom stereocenters. The number of aliphatic carboxylic acids is 1. The SMILES string of the molecule is CC(C)C[C@H](NC(=O)[C@H](CCCNC(=N)N)NC(=O)[C@H](CC(C)C)NC(=O)[C@@H](N)Cc1ccc(O)cc1)C(=O)N[C@@H](Cc1c[nH]cn1)C(=O)N[C@@H](Cc1ccccc1)C(=O)O. The van der Waals surface area contributed by atoms with Crippen LogP contribution in [0, 0.1) is 17.2 Å². The molecule has 0 aliphatic heterocycles. The molecule has 0 unspecified atom stereocenters. The van der Waals surface area contributed by atoms with Crippen molar-refractivity contribution in [3.63, 3.8) is 0 Å². The van der Waals surface area contributed by atoms with E-state index < -0.39 is 71.8 Å². The molecular weight excluding hydrogens is 787 g/mol. The Labute approximate surface area is 355 Å². The summed E-state index contributed by atoms with van der Waals surface area (Å²) in [6, 6.07) is 7.80. The Morgan fingerprint density at radius 1 is 0.689 bits per heavy atom. The Hall–Kier alpha value is -6.50. The first-order valence-electron chi connectivity index (χ1n) is 20.3. The number of phenols is 1. The second-order valence-corrected chi connectivity index (χ2v) is 15.8. The number of nitrogens with one attached hydrogen (secondary N) is 8. The van der Waals surface area contributed by atoms with Crippen molar-refractivity contribution in [2.45, 2.75) is 109 Å². The number of benzene rings is 2. The van der Waals surface area contributed by atoms with Gasteiger partial charge in [-0.3, -0.25) is 29.4 Å². The number of carbonyl (C=O) groups is 6. The van der Waals surface area contributed by atoms with E-state index in [1.165, 1.54) is 24.7 Å². The molecule has 19 nitrogen and oxygen atoms in total. The lowest BCUT2D eigenvalue weighted by atomic mass is 9.99. The van der Waals surface area contributed by atoms with Crippen LogP contribution in [0.4, 0.5) is 0 Å². The van der Waals surface area contributed by atoms with Crippen molar-refractivity contribution < 1.29 is 39.0 Å². The molecule has 0 radical (unpaired) electrons. The van der Waals surface area contributed by atoms with Crippen molar-refractivity contribution in [3.8, 4) is 5.75 Å². The Morgan fingerprint density at radius 3 is 1.74 bits per heavy atom. The van der Waals surface area contributed by atoms with Crippen molar-refractivity contribution >= 4 is 41.5 Å². The Kier molecular flexibility index (Phi) is 19.7. The first-order chi connectivity index (χ1) is 28.9. The lowest BCUT2D eigenvalue weighted by Crippen LogP contribution is -2.60. The predicted octanol–water partition coefficient (Wildman–Crippen LogP) is 0.335. The summed E-state index contributed by atoms with van der Waals surface area (Å²) in [4.78, 5) is 88.2. The van der Waals surface area contributed by atoms with Crippen LogP contribution >= 0.6 is 0 Å². The Balaban J connectivity index is 1.82. The minimum Gasteiger partial charge on any atom is -0.508 e. The summed E-state index contributed by atoms with van der Waals surface area (Å²) in [5.41, 5.74) is 13.4. The fourth-order valence-corrected chi connectivity index (χ4v) is 6.42. The molecule has 19 heteroatoms. The molecule has 61 heavy (non-hydrogen) atoms. The van der Waals surface area contributed by atoms with Crippen LogP contribution in [-0.2, 0) is 48.0 Å². The maximum atomic E-state index is 14.1. The molecule has 0 spiro atoms. The van der Waals surface area contributed by atoms with Crippen LogP contribution in [0.25, 0.3) is 0 Å². The number of phenolic OH excluding ortho intramolecular Hbond substituents is 1. The van der Waals surface area contributed by atoms with Gasteiger partial charge in [0.15, 0.2) is 5.96 Å². The van der Waals surface area contributed by atoms with Gasteiger partial charge >= 0.3 is 5.97 Å². The number of rotatable bonds is 25. The molecule has 14 N–H and O–H groups in total. The van der Waals surface area contributed by atoms with Gasteiger partial charge in [-0.05, 0) is 67.2 Å². The van der Waals surface area contributed by atoms with E-state index in [4.69, 9.17) is 16.9 Å². The fourth-order valence-electron chi connectivity index (χ4n) is 6.42. The molecule has 3 aromatic rings. The van der Waals surface area contributed by atoms with E-state index in [-0.39, 0.29) is 75.0 Å². The summed E-state index contributed by atoms with van der Waals surface area (Å²) in [5.74, 6) is -5.20. The number of aromatic hydroxyl groups is 1. The highest BCUT2D eigenvalue weighted by Crippen LogP contribution is 2.13. The number of aromatic nitrogens is 2. The van der Waals surface area contributed by atoms with Gasteiger partial charge < -0.3 is 58.6 Å². The zero-order chi connectivity index (χ0) is 45.1. The molecule has 1 aromatic heterocycles. The van der Waals surface area contributed by atoms with Gasteiger partial charge in [-0.2, -0.15) is 0 Å². The molecule has 0 aliphatic carbocycles. The summed E-state index contributed by atoms with van der Waals surface area (Å²) in [6.45, 7) is 7.58. The highest BCUT2D eigenvalue weighted by atomic mass is 16.4. The molecule has 2 aromatic carbocycles. The standard InChI is InChI=1S/C42H61N11O8/c1-24(2)17-32(50-36(55)30(43)19-27-12-14-29(54)15-13-27)38(57)49-31(11-8-16-47-42(44)45)37(56)51-33(18-25(3)4)39(58)52-34(21-28-22-46-23-48-28)40(59)53-35(41(60)61)20-26-9-6-5-7-10-26/h5-7,9-10,12-15,22-25,30-35,54H,8,11,16-21,43H2,1-4H3,(H,46,48)(H,49,57)(H,50,55)(H,51,56)(H,52,58)(H,53,59)(H,60,61)(H4,44,45,47)/t30-,31-,32-,33-,34-,35-/m0/s1. The van der Waals surface area contributed by atoms with Crippen molar-refractivity contribution in [2.75, 3.05) is 6.54 Å². The minimum absolute atomic E-state index is 0.0135. The second kappa shape index (κ2) is 24.6. The van der Waals surface area contributed by atoms with Crippen molar-refractivity contribution in [2.24, 2.45) is 23.3 Å². The molecule has 0 bridgehead atoms. The Morgan fingerprint density at radius 2 is 1.20 bits per heavy atom. The third kappa shape index (κ3) is 17.7. The van der Waals surface area contributed by atoms with E-state index in [1.54, 1.807) is 42.5 Å². The number of H-pyrrole nitrogens is 1. The first kappa shape index (κ1) is 48.9.